The number of halogens is 2. The van der Waals surface area contributed by atoms with Crippen LogP contribution in [0.1, 0.15) is 0 Å². The molecule has 1 heterocycles. The van der Waals surface area contributed by atoms with Gasteiger partial charge in [0.15, 0.2) is 5.58 Å². The molecule has 0 unspecified atom stereocenters. The monoisotopic (exact) mass is 385 g/mol. The van der Waals surface area contributed by atoms with Gasteiger partial charge >= 0.3 is 0 Å². The van der Waals surface area contributed by atoms with Gasteiger partial charge in [0.1, 0.15) is 5.52 Å². The molecule has 2 aromatic carbocycles. The quantitative estimate of drug-likeness (QED) is 0.506. The normalized spacial score (nSPS) is 10.8. The van der Waals surface area contributed by atoms with E-state index in [1.165, 1.54) is 0 Å². The van der Waals surface area contributed by atoms with Crippen LogP contribution >= 0.6 is 34.2 Å². The van der Waals surface area contributed by atoms with Crippen molar-refractivity contribution in [1.82, 2.24) is 4.98 Å². The molecule has 6 heteroatoms. The van der Waals surface area contributed by atoms with Gasteiger partial charge in [-0.2, -0.15) is 4.98 Å². The minimum absolute atomic E-state index is 0.410. The average Bonchev–Trinajstić information content (AvgIpc) is 2.77. The van der Waals surface area contributed by atoms with Crippen molar-refractivity contribution in [2.75, 3.05) is 11.1 Å². The molecule has 19 heavy (non-hydrogen) atoms. The number of para-hydroxylation sites is 1. The topological polar surface area (TPSA) is 64.1 Å². The van der Waals surface area contributed by atoms with Crippen LogP contribution in [0.4, 0.5) is 17.4 Å². The fraction of sp³-hybridized carbons (Fsp3) is 0. The highest BCUT2D eigenvalue weighted by atomic mass is 127. The first-order valence-corrected chi connectivity index (χ1v) is 6.96. The molecule has 0 aliphatic rings. The predicted octanol–water partition coefficient (Wildman–Crippen LogP) is 4.41. The molecule has 0 saturated heterocycles. The third kappa shape index (κ3) is 2.48. The molecule has 0 radical (unpaired) electrons. The molecule has 3 aromatic rings. The number of benzene rings is 2. The van der Waals surface area contributed by atoms with E-state index in [-0.39, 0.29) is 0 Å². The minimum Gasteiger partial charge on any atom is -0.423 e. The second kappa shape index (κ2) is 4.90. The third-order valence-electron chi connectivity index (χ3n) is 2.62. The summed E-state index contributed by atoms with van der Waals surface area (Å²) >= 11 is 8.11. The standard InChI is InChI=1S/C13H9ClIN3O/c14-7-4-5-10(8(15)6-7)17-13-18-12-9(16)2-1-3-11(12)19-13/h1-6H,16H2,(H,17,18). The molecule has 0 atom stereocenters. The number of nitrogens with one attached hydrogen (secondary N) is 1. The smallest absolute Gasteiger partial charge is 0.300 e. The van der Waals surface area contributed by atoms with Crippen molar-refractivity contribution in [3.8, 4) is 0 Å². The van der Waals surface area contributed by atoms with Crippen LogP contribution in [0.2, 0.25) is 5.02 Å². The maximum Gasteiger partial charge on any atom is 0.300 e. The summed E-state index contributed by atoms with van der Waals surface area (Å²) in [7, 11) is 0. The van der Waals surface area contributed by atoms with E-state index < -0.39 is 0 Å². The largest absolute Gasteiger partial charge is 0.423 e. The van der Waals surface area contributed by atoms with Gasteiger partial charge in [0, 0.05) is 8.59 Å². The SMILES string of the molecule is Nc1cccc2oc(Nc3ccc(Cl)cc3I)nc12. The summed E-state index contributed by atoms with van der Waals surface area (Å²) in [5.74, 6) is 0. The molecule has 4 nitrogen and oxygen atoms in total. The molecule has 0 aliphatic heterocycles. The van der Waals surface area contributed by atoms with Crippen molar-refractivity contribution in [2.24, 2.45) is 0 Å². The maximum atomic E-state index is 5.92. The van der Waals surface area contributed by atoms with Crippen molar-refractivity contribution in [3.05, 3.63) is 45.0 Å². The fourth-order valence-corrected chi connectivity index (χ4v) is 2.74. The van der Waals surface area contributed by atoms with E-state index in [1.807, 2.05) is 30.3 Å². The summed E-state index contributed by atoms with van der Waals surface area (Å²) in [6, 6.07) is 11.4. The van der Waals surface area contributed by atoms with Gasteiger partial charge < -0.3 is 15.5 Å². The lowest BCUT2D eigenvalue weighted by Gasteiger charge is -2.04. The minimum atomic E-state index is 0.410. The highest BCUT2D eigenvalue weighted by molar-refractivity contribution is 14.1. The van der Waals surface area contributed by atoms with E-state index in [2.05, 4.69) is 32.9 Å². The Labute approximate surface area is 128 Å². The number of nitrogen functional groups attached to an aromatic ring is 1. The van der Waals surface area contributed by atoms with E-state index in [0.29, 0.717) is 27.8 Å². The second-order valence-corrected chi connectivity index (χ2v) is 5.56. The number of hydrogen-bond acceptors (Lipinski definition) is 4. The van der Waals surface area contributed by atoms with Gasteiger partial charge in [0.25, 0.3) is 6.01 Å². The number of nitrogens with zero attached hydrogens (tertiary/aromatic N) is 1. The summed E-state index contributed by atoms with van der Waals surface area (Å²) in [4.78, 5) is 4.33. The van der Waals surface area contributed by atoms with Crippen molar-refractivity contribution in [2.45, 2.75) is 0 Å². The summed E-state index contributed by atoms with van der Waals surface area (Å²) in [5, 5.41) is 3.81. The molecule has 0 amide bonds. The Kier molecular flexibility index (Phi) is 3.24. The summed E-state index contributed by atoms with van der Waals surface area (Å²) < 4.78 is 6.59. The van der Waals surface area contributed by atoms with Crippen LogP contribution in [0.25, 0.3) is 11.1 Å². The van der Waals surface area contributed by atoms with Gasteiger partial charge in [-0.25, -0.2) is 0 Å². The van der Waals surface area contributed by atoms with Gasteiger partial charge in [-0.15, -0.1) is 0 Å². The Bertz CT molecular complexity index is 757. The highest BCUT2D eigenvalue weighted by Gasteiger charge is 2.09. The zero-order valence-electron chi connectivity index (χ0n) is 9.65. The van der Waals surface area contributed by atoms with Crippen LogP contribution in [-0.4, -0.2) is 4.98 Å². The van der Waals surface area contributed by atoms with Crippen LogP contribution < -0.4 is 11.1 Å². The number of oxazole rings is 1. The van der Waals surface area contributed by atoms with E-state index in [1.54, 1.807) is 6.07 Å². The molecule has 1 aromatic heterocycles. The zero-order valence-corrected chi connectivity index (χ0v) is 12.6. The first kappa shape index (κ1) is 12.6. The molecule has 0 fully saturated rings. The summed E-state index contributed by atoms with van der Waals surface area (Å²) in [6.45, 7) is 0. The van der Waals surface area contributed by atoms with E-state index in [4.69, 9.17) is 21.8 Å². The molecule has 3 N–H and O–H groups in total. The molecule has 3 rings (SSSR count). The molecule has 0 spiro atoms. The van der Waals surface area contributed by atoms with Crippen molar-refractivity contribution in [1.29, 1.82) is 0 Å². The van der Waals surface area contributed by atoms with Crippen LogP contribution in [-0.2, 0) is 0 Å². The number of nitrogens with two attached hydrogens (primary N) is 1. The van der Waals surface area contributed by atoms with Gasteiger partial charge in [0.2, 0.25) is 0 Å². The number of anilines is 3. The predicted molar refractivity (Wildman–Crippen MR) is 85.9 cm³/mol. The molecule has 0 bridgehead atoms. The van der Waals surface area contributed by atoms with Crippen molar-refractivity contribution in [3.63, 3.8) is 0 Å². The van der Waals surface area contributed by atoms with Gasteiger partial charge in [-0.3, -0.25) is 0 Å². The summed E-state index contributed by atoms with van der Waals surface area (Å²) in [5.41, 5.74) is 8.65. The van der Waals surface area contributed by atoms with Crippen molar-refractivity contribution < 1.29 is 4.42 Å². The summed E-state index contributed by atoms with van der Waals surface area (Å²) in [6.07, 6.45) is 0. The fourth-order valence-electron chi connectivity index (χ4n) is 1.73. The number of hydrogen-bond donors (Lipinski definition) is 2. The Morgan fingerprint density at radius 1 is 1.26 bits per heavy atom. The lowest BCUT2D eigenvalue weighted by atomic mass is 10.3. The average molecular weight is 386 g/mol. The second-order valence-electron chi connectivity index (χ2n) is 3.96. The lowest BCUT2D eigenvalue weighted by Crippen LogP contribution is -1.93. The van der Waals surface area contributed by atoms with Crippen molar-refractivity contribution >= 4 is 62.7 Å². The van der Waals surface area contributed by atoms with Gasteiger partial charge in [-0.05, 0) is 52.9 Å². The molecular formula is C13H9ClIN3O. The van der Waals surface area contributed by atoms with Crippen LogP contribution in [0, 0.1) is 3.57 Å². The van der Waals surface area contributed by atoms with Crippen LogP contribution in [0.3, 0.4) is 0 Å². The van der Waals surface area contributed by atoms with E-state index >= 15 is 0 Å². The highest BCUT2D eigenvalue weighted by Crippen LogP contribution is 2.28. The van der Waals surface area contributed by atoms with Gasteiger partial charge in [0.05, 0.1) is 11.4 Å². The van der Waals surface area contributed by atoms with Gasteiger partial charge in [-0.1, -0.05) is 17.7 Å². The number of fused-ring (bicyclic) bond motifs is 1. The molecular weight excluding hydrogens is 377 g/mol. The number of rotatable bonds is 2. The maximum absolute atomic E-state index is 5.92. The number of aromatic nitrogens is 1. The Morgan fingerprint density at radius 3 is 2.84 bits per heavy atom. The van der Waals surface area contributed by atoms with Crippen LogP contribution in [0.5, 0.6) is 0 Å². The Balaban J connectivity index is 1.99. The lowest BCUT2D eigenvalue weighted by molar-refractivity contribution is 0.623. The molecule has 0 saturated carbocycles. The first-order valence-electron chi connectivity index (χ1n) is 5.50. The molecule has 0 aliphatic carbocycles. The van der Waals surface area contributed by atoms with Crippen LogP contribution in [0.15, 0.2) is 40.8 Å². The zero-order chi connectivity index (χ0) is 13.4. The first-order chi connectivity index (χ1) is 9.13. The third-order valence-corrected chi connectivity index (χ3v) is 3.75. The van der Waals surface area contributed by atoms with E-state index in [0.717, 1.165) is 9.26 Å². The Morgan fingerprint density at radius 2 is 2.11 bits per heavy atom. The Hall–Kier alpha value is -1.47. The molecule has 96 valence electrons. The van der Waals surface area contributed by atoms with E-state index in [9.17, 15) is 0 Å².